The van der Waals surface area contributed by atoms with Crippen molar-refractivity contribution in [2.75, 3.05) is 0 Å². The Hall–Kier alpha value is -0.913. The van der Waals surface area contributed by atoms with Crippen LogP contribution in [0.15, 0.2) is 60.7 Å². The predicted octanol–water partition coefficient (Wildman–Crippen LogP) is 3.83. The Labute approximate surface area is 108 Å². The average molecular weight is 258 g/mol. The molecule has 0 radical (unpaired) electrons. The van der Waals surface area contributed by atoms with Gasteiger partial charge >= 0.3 is 0 Å². The molecule has 0 aliphatic carbocycles. The van der Waals surface area contributed by atoms with Gasteiger partial charge in [0.15, 0.2) is 0 Å². The molecule has 88 valence electrons. The highest BCUT2D eigenvalue weighted by Gasteiger charge is 2.32. The molecule has 0 bridgehead atoms. The summed E-state index contributed by atoms with van der Waals surface area (Å²) in [5.74, 6) is 0. The highest BCUT2D eigenvalue weighted by atomic mass is 31.0. The maximum atomic E-state index is 3.12. The number of benzene rings is 2. The van der Waals surface area contributed by atoms with Gasteiger partial charge in [0.1, 0.15) is 0 Å². The minimum absolute atomic E-state index is 0.141. The Bertz CT molecular complexity index is 425. The highest BCUT2D eigenvalue weighted by molar-refractivity contribution is 7.24. The van der Waals surface area contributed by atoms with Crippen LogP contribution in [0.25, 0.3) is 0 Å². The van der Waals surface area contributed by atoms with Crippen LogP contribution in [-0.2, 0) is 4.78 Å². The normalized spacial score (nSPS) is 11.8. The quantitative estimate of drug-likeness (QED) is 0.580. The van der Waals surface area contributed by atoms with Crippen LogP contribution in [-0.4, -0.2) is 8.80 Å². The molecule has 0 N–H and O–H groups in total. The molecule has 0 aromatic heterocycles. The van der Waals surface area contributed by atoms with Crippen molar-refractivity contribution in [2.45, 2.75) is 17.9 Å². The van der Waals surface area contributed by atoms with E-state index in [2.05, 4.69) is 83.0 Å². The molecule has 1 atom stereocenters. The fourth-order valence-electron chi connectivity index (χ4n) is 2.26. The number of rotatable bonds is 3. The van der Waals surface area contributed by atoms with Crippen molar-refractivity contribution in [3.8, 4) is 0 Å². The maximum Gasteiger partial charge on any atom is 0.0530 e. The second kappa shape index (κ2) is 5.16. The van der Waals surface area contributed by atoms with Crippen molar-refractivity contribution in [1.82, 2.24) is 0 Å². The van der Waals surface area contributed by atoms with Gasteiger partial charge in [0, 0.05) is 4.78 Å². The molecule has 0 saturated carbocycles. The fourth-order valence-corrected chi connectivity index (χ4v) is 4.36. The van der Waals surface area contributed by atoms with Crippen LogP contribution in [0, 0.1) is 0 Å². The molecule has 17 heavy (non-hydrogen) atoms. The topological polar surface area (TPSA) is 0 Å². The van der Waals surface area contributed by atoms with Crippen LogP contribution >= 0.6 is 9.24 Å². The minimum Gasteiger partial charge on any atom is -0.125 e. The van der Waals surface area contributed by atoms with E-state index in [-0.39, 0.29) is 4.78 Å². The van der Waals surface area contributed by atoms with E-state index in [9.17, 15) is 0 Å². The van der Waals surface area contributed by atoms with Crippen LogP contribution in [0.1, 0.15) is 11.1 Å². The lowest BCUT2D eigenvalue weighted by atomic mass is 10.0. The van der Waals surface area contributed by atoms with Gasteiger partial charge in [0.2, 0.25) is 0 Å². The first kappa shape index (κ1) is 12.5. The van der Waals surface area contributed by atoms with Crippen LogP contribution in [0.4, 0.5) is 0 Å². The molecule has 0 nitrogen and oxygen atoms in total. The molecule has 0 saturated heterocycles. The molecule has 2 aromatic carbocycles. The highest BCUT2D eigenvalue weighted by Crippen LogP contribution is 2.40. The van der Waals surface area contributed by atoms with Crippen molar-refractivity contribution in [3.63, 3.8) is 0 Å². The SMILES string of the molecule is C[SiH](C)C(P)(c1ccccc1)c1ccccc1. The molecule has 0 aliphatic heterocycles. The summed E-state index contributed by atoms with van der Waals surface area (Å²) in [6.07, 6.45) is 0. The average Bonchev–Trinajstić information content (AvgIpc) is 2.39. The van der Waals surface area contributed by atoms with Crippen LogP contribution in [0.3, 0.4) is 0 Å². The fraction of sp³-hybridized carbons (Fsp3) is 0.200. The lowest BCUT2D eigenvalue weighted by molar-refractivity contribution is 1.02. The third kappa shape index (κ3) is 2.36. The van der Waals surface area contributed by atoms with Gasteiger partial charge in [-0.25, -0.2) is 0 Å². The number of hydrogen-bond donors (Lipinski definition) is 0. The summed E-state index contributed by atoms with van der Waals surface area (Å²) in [4.78, 5) is 0. The molecule has 0 heterocycles. The summed E-state index contributed by atoms with van der Waals surface area (Å²) >= 11 is 0. The third-order valence-corrected chi connectivity index (χ3v) is 8.57. The Morgan fingerprint density at radius 2 is 1.12 bits per heavy atom. The molecular weight excluding hydrogens is 239 g/mol. The summed E-state index contributed by atoms with van der Waals surface area (Å²) in [5.41, 5.74) is 2.83. The lowest BCUT2D eigenvalue weighted by Gasteiger charge is -2.34. The molecule has 2 heteroatoms. The van der Waals surface area contributed by atoms with Gasteiger partial charge in [-0.15, -0.1) is 9.24 Å². The van der Waals surface area contributed by atoms with E-state index in [1.54, 1.807) is 0 Å². The molecule has 1 unspecified atom stereocenters. The predicted molar refractivity (Wildman–Crippen MR) is 82.3 cm³/mol. The molecule has 2 rings (SSSR count). The molecule has 0 spiro atoms. The summed E-state index contributed by atoms with van der Waals surface area (Å²) in [6, 6.07) is 21.7. The van der Waals surface area contributed by atoms with E-state index in [1.165, 1.54) is 11.1 Å². The Morgan fingerprint density at radius 1 is 0.765 bits per heavy atom. The van der Waals surface area contributed by atoms with Gasteiger partial charge in [0.05, 0.1) is 8.80 Å². The molecule has 0 fully saturated rings. The van der Waals surface area contributed by atoms with Gasteiger partial charge in [-0.05, 0) is 11.1 Å². The van der Waals surface area contributed by atoms with E-state index in [1.807, 2.05) is 0 Å². The smallest absolute Gasteiger partial charge is 0.0530 e. The van der Waals surface area contributed by atoms with Gasteiger partial charge in [-0.1, -0.05) is 73.8 Å². The van der Waals surface area contributed by atoms with E-state index in [0.29, 0.717) is 0 Å². The summed E-state index contributed by atoms with van der Waals surface area (Å²) in [7, 11) is 2.23. The van der Waals surface area contributed by atoms with Crippen molar-refractivity contribution in [2.24, 2.45) is 0 Å². The van der Waals surface area contributed by atoms with Crippen LogP contribution in [0.5, 0.6) is 0 Å². The van der Waals surface area contributed by atoms with Gasteiger partial charge < -0.3 is 0 Å². The van der Waals surface area contributed by atoms with Gasteiger partial charge in [-0.3, -0.25) is 0 Å². The first-order valence-corrected chi connectivity index (χ1v) is 9.52. The van der Waals surface area contributed by atoms with E-state index in [0.717, 1.165) is 0 Å². The Balaban J connectivity index is 2.55. The van der Waals surface area contributed by atoms with Crippen molar-refractivity contribution >= 4 is 18.0 Å². The second-order valence-corrected chi connectivity index (χ2v) is 9.55. The second-order valence-electron chi connectivity index (χ2n) is 4.76. The largest absolute Gasteiger partial charge is 0.125 e. The maximum absolute atomic E-state index is 3.12. The Morgan fingerprint density at radius 3 is 1.41 bits per heavy atom. The zero-order valence-electron chi connectivity index (χ0n) is 10.4. The van der Waals surface area contributed by atoms with Gasteiger partial charge in [0.25, 0.3) is 0 Å². The van der Waals surface area contributed by atoms with E-state index < -0.39 is 8.80 Å². The third-order valence-electron chi connectivity index (χ3n) is 3.41. The van der Waals surface area contributed by atoms with Gasteiger partial charge in [-0.2, -0.15) is 0 Å². The number of hydrogen-bond acceptors (Lipinski definition) is 0. The first-order chi connectivity index (χ1) is 8.15. The van der Waals surface area contributed by atoms with Crippen molar-refractivity contribution in [3.05, 3.63) is 71.8 Å². The standard InChI is InChI=1S/C15H19PSi/c1-17(2)15(16,13-9-5-3-6-10-13)14-11-7-4-8-12-14/h3-12,17H,16H2,1-2H3. The van der Waals surface area contributed by atoms with Crippen molar-refractivity contribution < 1.29 is 0 Å². The van der Waals surface area contributed by atoms with Crippen molar-refractivity contribution in [1.29, 1.82) is 0 Å². The van der Waals surface area contributed by atoms with E-state index in [4.69, 9.17) is 0 Å². The first-order valence-electron chi connectivity index (χ1n) is 6.05. The Kier molecular flexibility index (Phi) is 3.81. The molecular formula is C15H19PSi. The minimum atomic E-state index is -0.891. The zero-order valence-corrected chi connectivity index (χ0v) is 12.7. The summed E-state index contributed by atoms with van der Waals surface area (Å²) < 4.78 is 0.141. The molecule has 2 aromatic rings. The van der Waals surface area contributed by atoms with Crippen LogP contribution < -0.4 is 0 Å². The van der Waals surface area contributed by atoms with E-state index >= 15 is 0 Å². The lowest BCUT2D eigenvalue weighted by Crippen LogP contribution is -2.34. The monoisotopic (exact) mass is 258 g/mol. The zero-order chi connectivity index (χ0) is 12.3. The molecule has 0 amide bonds. The summed E-state index contributed by atoms with van der Waals surface area (Å²) in [5, 5.41) is 0. The van der Waals surface area contributed by atoms with Crippen LogP contribution in [0.2, 0.25) is 13.1 Å². The molecule has 0 aliphatic rings. The summed E-state index contributed by atoms with van der Waals surface area (Å²) in [6.45, 7) is 4.82.